The smallest absolute Gasteiger partial charge is 0.318 e. The molecule has 4 heteroatoms. The number of benzene rings is 1. The van der Waals surface area contributed by atoms with Gasteiger partial charge in [-0.1, -0.05) is 37.3 Å². The zero-order valence-corrected chi connectivity index (χ0v) is 9.27. The summed E-state index contributed by atoms with van der Waals surface area (Å²) in [5.41, 5.74) is 5.99. The number of urea groups is 1. The van der Waals surface area contributed by atoms with Crippen LogP contribution in [0.1, 0.15) is 18.9 Å². The van der Waals surface area contributed by atoms with E-state index in [0.717, 1.165) is 5.56 Å². The third-order valence-corrected chi connectivity index (χ3v) is 2.43. The van der Waals surface area contributed by atoms with Crippen molar-refractivity contribution in [1.29, 1.82) is 0 Å². The SMILES string of the molecule is CC[C@@H](Cc1ccccc1)C(=O)NC(N)=O. The molecule has 1 aromatic carbocycles. The van der Waals surface area contributed by atoms with E-state index >= 15 is 0 Å². The molecule has 86 valence electrons. The summed E-state index contributed by atoms with van der Waals surface area (Å²) in [7, 11) is 0. The number of hydrogen-bond donors (Lipinski definition) is 2. The first-order valence-corrected chi connectivity index (χ1v) is 5.27. The third-order valence-electron chi connectivity index (χ3n) is 2.43. The first-order chi connectivity index (χ1) is 7.63. The third kappa shape index (κ3) is 3.73. The Morgan fingerprint density at radius 3 is 2.44 bits per heavy atom. The predicted molar refractivity (Wildman–Crippen MR) is 61.7 cm³/mol. The summed E-state index contributed by atoms with van der Waals surface area (Å²) >= 11 is 0. The second-order valence-electron chi connectivity index (χ2n) is 3.65. The van der Waals surface area contributed by atoms with E-state index < -0.39 is 6.03 Å². The minimum absolute atomic E-state index is 0.213. The fourth-order valence-electron chi connectivity index (χ4n) is 1.54. The molecule has 0 aliphatic rings. The Balaban J connectivity index is 2.62. The van der Waals surface area contributed by atoms with Crippen molar-refractivity contribution in [2.24, 2.45) is 11.7 Å². The lowest BCUT2D eigenvalue weighted by Crippen LogP contribution is -2.39. The molecular formula is C12H16N2O2. The van der Waals surface area contributed by atoms with Crippen molar-refractivity contribution in [2.45, 2.75) is 19.8 Å². The summed E-state index contributed by atoms with van der Waals surface area (Å²) in [6.07, 6.45) is 1.30. The van der Waals surface area contributed by atoms with Crippen LogP contribution in [0.3, 0.4) is 0 Å². The second-order valence-corrected chi connectivity index (χ2v) is 3.65. The number of amides is 3. The van der Waals surface area contributed by atoms with Crippen molar-refractivity contribution in [3.05, 3.63) is 35.9 Å². The van der Waals surface area contributed by atoms with Gasteiger partial charge in [-0.2, -0.15) is 0 Å². The molecule has 0 aromatic heterocycles. The highest BCUT2D eigenvalue weighted by molar-refractivity contribution is 5.94. The molecule has 0 unspecified atom stereocenters. The van der Waals surface area contributed by atoms with E-state index in [9.17, 15) is 9.59 Å². The van der Waals surface area contributed by atoms with Crippen molar-refractivity contribution >= 4 is 11.9 Å². The molecule has 16 heavy (non-hydrogen) atoms. The van der Waals surface area contributed by atoms with Crippen LogP contribution in [0.15, 0.2) is 30.3 Å². The molecule has 0 saturated heterocycles. The van der Waals surface area contributed by atoms with Gasteiger partial charge in [0.1, 0.15) is 0 Å². The Hall–Kier alpha value is -1.84. The van der Waals surface area contributed by atoms with Gasteiger partial charge in [0.2, 0.25) is 5.91 Å². The van der Waals surface area contributed by atoms with Gasteiger partial charge in [0, 0.05) is 5.92 Å². The van der Waals surface area contributed by atoms with E-state index in [1.165, 1.54) is 0 Å². The number of nitrogens with one attached hydrogen (secondary N) is 1. The first-order valence-electron chi connectivity index (χ1n) is 5.27. The van der Waals surface area contributed by atoms with Crippen LogP contribution in [-0.4, -0.2) is 11.9 Å². The van der Waals surface area contributed by atoms with Crippen LogP contribution in [0.2, 0.25) is 0 Å². The van der Waals surface area contributed by atoms with Gasteiger partial charge in [0.05, 0.1) is 0 Å². The minimum Gasteiger partial charge on any atom is -0.351 e. The average molecular weight is 220 g/mol. The molecule has 0 aliphatic carbocycles. The number of primary amides is 1. The Morgan fingerprint density at radius 1 is 1.31 bits per heavy atom. The van der Waals surface area contributed by atoms with E-state index in [-0.39, 0.29) is 11.8 Å². The molecule has 0 spiro atoms. The highest BCUT2D eigenvalue weighted by atomic mass is 16.2. The van der Waals surface area contributed by atoms with Gasteiger partial charge < -0.3 is 5.73 Å². The fourth-order valence-corrected chi connectivity index (χ4v) is 1.54. The average Bonchev–Trinajstić information content (AvgIpc) is 2.26. The van der Waals surface area contributed by atoms with Crippen LogP contribution in [0, 0.1) is 5.92 Å². The van der Waals surface area contributed by atoms with E-state index in [4.69, 9.17) is 5.73 Å². The van der Waals surface area contributed by atoms with Gasteiger partial charge in [-0.15, -0.1) is 0 Å². The topological polar surface area (TPSA) is 72.2 Å². The lowest BCUT2D eigenvalue weighted by Gasteiger charge is -2.13. The molecule has 1 atom stereocenters. The van der Waals surface area contributed by atoms with Crippen molar-refractivity contribution in [3.8, 4) is 0 Å². The highest BCUT2D eigenvalue weighted by Gasteiger charge is 2.17. The number of carbonyl (C=O) groups excluding carboxylic acids is 2. The number of nitrogens with two attached hydrogens (primary N) is 1. The van der Waals surface area contributed by atoms with E-state index in [0.29, 0.717) is 12.8 Å². The standard InChI is InChI=1S/C12H16N2O2/c1-2-10(11(15)14-12(13)16)8-9-6-4-3-5-7-9/h3-7,10H,2,8H2,1H3,(H3,13,14,15,16)/t10-/m0/s1. The highest BCUT2D eigenvalue weighted by Crippen LogP contribution is 2.12. The predicted octanol–water partition coefficient (Wildman–Crippen LogP) is 1.45. The van der Waals surface area contributed by atoms with E-state index in [1.807, 2.05) is 37.3 Å². The van der Waals surface area contributed by atoms with E-state index in [2.05, 4.69) is 5.32 Å². The molecule has 1 aromatic rings. The van der Waals surface area contributed by atoms with Gasteiger partial charge >= 0.3 is 6.03 Å². The Bertz CT molecular complexity index is 363. The van der Waals surface area contributed by atoms with Crippen LogP contribution in [0.4, 0.5) is 4.79 Å². The number of carbonyl (C=O) groups is 2. The molecule has 3 N–H and O–H groups in total. The molecule has 0 bridgehead atoms. The maximum atomic E-state index is 11.6. The van der Waals surface area contributed by atoms with Gasteiger partial charge in [-0.25, -0.2) is 4.79 Å². The van der Waals surface area contributed by atoms with Crippen LogP contribution in [-0.2, 0) is 11.2 Å². The zero-order valence-electron chi connectivity index (χ0n) is 9.27. The zero-order chi connectivity index (χ0) is 12.0. The summed E-state index contributed by atoms with van der Waals surface area (Å²) < 4.78 is 0. The van der Waals surface area contributed by atoms with Crippen LogP contribution < -0.4 is 11.1 Å². The summed E-state index contributed by atoms with van der Waals surface area (Å²) in [5.74, 6) is -0.520. The maximum absolute atomic E-state index is 11.6. The van der Waals surface area contributed by atoms with Crippen LogP contribution >= 0.6 is 0 Å². The molecule has 0 heterocycles. The lowest BCUT2D eigenvalue weighted by molar-refractivity contribution is -0.123. The van der Waals surface area contributed by atoms with Crippen molar-refractivity contribution in [2.75, 3.05) is 0 Å². The first kappa shape index (κ1) is 12.2. The second kappa shape index (κ2) is 5.90. The maximum Gasteiger partial charge on any atom is 0.318 e. The quantitative estimate of drug-likeness (QED) is 0.806. The van der Waals surface area contributed by atoms with Crippen molar-refractivity contribution in [1.82, 2.24) is 5.32 Å². The molecule has 0 radical (unpaired) electrons. The molecule has 0 saturated carbocycles. The normalized spacial score (nSPS) is 11.8. The van der Waals surface area contributed by atoms with Crippen molar-refractivity contribution in [3.63, 3.8) is 0 Å². The van der Waals surface area contributed by atoms with Gasteiger partial charge in [-0.05, 0) is 18.4 Å². The summed E-state index contributed by atoms with van der Waals surface area (Å²) in [4.78, 5) is 22.1. The van der Waals surface area contributed by atoms with Gasteiger partial charge in [0.25, 0.3) is 0 Å². The number of imide groups is 1. The summed E-state index contributed by atoms with van der Waals surface area (Å²) in [5, 5.41) is 2.11. The largest absolute Gasteiger partial charge is 0.351 e. The summed E-state index contributed by atoms with van der Waals surface area (Å²) in [6, 6.07) is 8.90. The van der Waals surface area contributed by atoms with Crippen LogP contribution in [0.5, 0.6) is 0 Å². The minimum atomic E-state index is -0.795. The Morgan fingerprint density at radius 2 is 1.94 bits per heavy atom. The lowest BCUT2D eigenvalue weighted by atomic mass is 9.96. The molecule has 4 nitrogen and oxygen atoms in total. The Kier molecular flexibility index (Phi) is 4.51. The van der Waals surface area contributed by atoms with E-state index in [1.54, 1.807) is 0 Å². The molecular weight excluding hydrogens is 204 g/mol. The number of rotatable bonds is 4. The molecule has 3 amide bonds. The van der Waals surface area contributed by atoms with Crippen molar-refractivity contribution < 1.29 is 9.59 Å². The monoisotopic (exact) mass is 220 g/mol. The molecule has 0 aliphatic heterocycles. The van der Waals surface area contributed by atoms with Gasteiger partial charge in [0.15, 0.2) is 0 Å². The fraction of sp³-hybridized carbons (Fsp3) is 0.333. The number of hydrogen-bond acceptors (Lipinski definition) is 2. The van der Waals surface area contributed by atoms with Gasteiger partial charge in [-0.3, -0.25) is 10.1 Å². The Labute approximate surface area is 94.8 Å². The molecule has 1 rings (SSSR count). The summed E-state index contributed by atoms with van der Waals surface area (Å²) in [6.45, 7) is 1.91. The molecule has 0 fully saturated rings. The van der Waals surface area contributed by atoms with Crippen LogP contribution in [0.25, 0.3) is 0 Å².